The minimum atomic E-state index is -0.366. The fourth-order valence-corrected chi connectivity index (χ4v) is 7.80. The Bertz CT molecular complexity index is 2170. The predicted molar refractivity (Wildman–Crippen MR) is 277 cm³/mol. The van der Waals surface area contributed by atoms with Gasteiger partial charge in [-0.25, -0.2) is 9.59 Å². The third-order valence-corrected chi connectivity index (χ3v) is 12.1. The Balaban J connectivity index is 0.789. The van der Waals surface area contributed by atoms with Crippen LogP contribution in [-0.2, 0) is 22.7 Å². The molecule has 6 aromatic carbocycles. The SMILES string of the molecule is CCCCCCCCOc1ccc(-c2ccc(OCc3ccc(C(=O)OCCCCCOC(=O)c4ccc(COc5ccc(-c6ccc(OCCCCCCCC)cc6)cc5)cc4)cc3)cc2)cc1. The number of hydrogen-bond donors (Lipinski definition) is 0. The van der Waals surface area contributed by atoms with Gasteiger partial charge in [0.05, 0.1) is 37.6 Å². The molecule has 0 saturated carbocycles. The van der Waals surface area contributed by atoms with E-state index in [4.69, 9.17) is 28.4 Å². The van der Waals surface area contributed by atoms with Gasteiger partial charge in [-0.3, -0.25) is 0 Å². The van der Waals surface area contributed by atoms with Crippen molar-refractivity contribution >= 4 is 11.9 Å². The lowest BCUT2D eigenvalue weighted by Gasteiger charge is -2.10. The van der Waals surface area contributed by atoms with Gasteiger partial charge in [0.1, 0.15) is 36.2 Å². The Morgan fingerprint density at radius 2 is 0.580 bits per heavy atom. The molecule has 0 saturated heterocycles. The summed E-state index contributed by atoms with van der Waals surface area (Å²) < 4.78 is 34.9. The van der Waals surface area contributed by atoms with E-state index < -0.39 is 0 Å². The zero-order valence-electron chi connectivity index (χ0n) is 41.0. The minimum absolute atomic E-state index is 0.293. The van der Waals surface area contributed by atoms with Crippen LogP contribution in [0.3, 0.4) is 0 Å². The van der Waals surface area contributed by atoms with Crippen LogP contribution in [0.1, 0.15) is 142 Å². The average Bonchev–Trinajstić information content (AvgIpc) is 3.39. The molecule has 0 aliphatic carbocycles. The lowest BCUT2D eigenvalue weighted by atomic mass is 10.1. The van der Waals surface area contributed by atoms with Gasteiger partial charge in [0, 0.05) is 0 Å². The quantitative estimate of drug-likeness (QED) is 0.0305. The second-order valence-electron chi connectivity index (χ2n) is 17.6. The summed E-state index contributed by atoms with van der Waals surface area (Å²) in [5.74, 6) is 2.62. The molecule has 0 N–H and O–H groups in total. The van der Waals surface area contributed by atoms with Crippen LogP contribution in [-0.4, -0.2) is 38.4 Å². The molecule has 0 fully saturated rings. The van der Waals surface area contributed by atoms with E-state index in [1.165, 1.54) is 64.2 Å². The molecular weight excluding hydrogens is 861 g/mol. The zero-order valence-corrected chi connectivity index (χ0v) is 41.0. The van der Waals surface area contributed by atoms with Gasteiger partial charge in [-0.1, -0.05) is 151 Å². The molecule has 8 heteroatoms. The lowest BCUT2D eigenvalue weighted by Crippen LogP contribution is -2.08. The van der Waals surface area contributed by atoms with Crippen LogP contribution < -0.4 is 18.9 Å². The molecule has 0 heterocycles. The smallest absolute Gasteiger partial charge is 0.338 e. The average molecular weight is 933 g/mol. The predicted octanol–water partition coefficient (Wildman–Crippen LogP) is 15.8. The minimum Gasteiger partial charge on any atom is -0.494 e. The van der Waals surface area contributed by atoms with Gasteiger partial charge in [0.2, 0.25) is 0 Å². The lowest BCUT2D eigenvalue weighted by molar-refractivity contribution is 0.0478. The third-order valence-electron chi connectivity index (χ3n) is 12.1. The summed E-state index contributed by atoms with van der Waals surface area (Å²) in [6.45, 7) is 7.35. The third kappa shape index (κ3) is 18.8. The normalized spacial score (nSPS) is 10.9. The van der Waals surface area contributed by atoms with Gasteiger partial charge in [-0.2, -0.15) is 0 Å². The van der Waals surface area contributed by atoms with Crippen LogP contribution in [0.2, 0.25) is 0 Å². The fourth-order valence-electron chi connectivity index (χ4n) is 7.80. The topological polar surface area (TPSA) is 89.5 Å². The van der Waals surface area contributed by atoms with Crippen LogP contribution in [0, 0.1) is 0 Å². The maximum absolute atomic E-state index is 12.7. The van der Waals surface area contributed by atoms with Crippen LogP contribution in [0.15, 0.2) is 146 Å². The van der Waals surface area contributed by atoms with Gasteiger partial charge in [-0.05, 0) is 138 Å². The van der Waals surface area contributed by atoms with Crippen molar-refractivity contribution < 1.29 is 38.0 Å². The van der Waals surface area contributed by atoms with Crippen molar-refractivity contribution in [2.45, 2.75) is 123 Å². The molecule has 0 unspecified atom stereocenters. The van der Waals surface area contributed by atoms with Gasteiger partial charge >= 0.3 is 11.9 Å². The number of benzene rings is 6. The number of esters is 2. The molecule has 0 bridgehead atoms. The monoisotopic (exact) mass is 933 g/mol. The molecule has 6 aromatic rings. The maximum Gasteiger partial charge on any atom is 0.338 e. The number of ether oxygens (including phenoxy) is 6. The van der Waals surface area contributed by atoms with Crippen molar-refractivity contribution in [2.24, 2.45) is 0 Å². The number of carbonyl (C=O) groups is 2. The van der Waals surface area contributed by atoms with Crippen molar-refractivity contribution in [3.05, 3.63) is 168 Å². The van der Waals surface area contributed by atoms with Crippen molar-refractivity contribution in [2.75, 3.05) is 26.4 Å². The van der Waals surface area contributed by atoms with E-state index in [2.05, 4.69) is 62.4 Å². The molecule has 0 amide bonds. The molecule has 0 spiro atoms. The summed E-state index contributed by atoms with van der Waals surface area (Å²) in [4.78, 5) is 25.3. The van der Waals surface area contributed by atoms with Crippen LogP contribution in [0.5, 0.6) is 23.0 Å². The van der Waals surface area contributed by atoms with Crippen LogP contribution >= 0.6 is 0 Å². The molecule has 69 heavy (non-hydrogen) atoms. The summed E-state index contributed by atoms with van der Waals surface area (Å²) in [6, 6.07) is 47.2. The van der Waals surface area contributed by atoms with E-state index in [1.54, 1.807) is 24.3 Å². The molecule has 8 nitrogen and oxygen atoms in total. The Labute approximate surface area is 411 Å². The Morgan fingerprint density at radius 3 is 0.913 bits per heavy atom. The van der Waals surface area contributed by atoms with Crippen molar-refractivity contribution in [3.63, 3.8) is 0 Å². The summed E-state index contributed by atoms with van der Waals surface area (Å²) in [6.07, 6.45) is 17.1. The highest BCUT2D eigenvalue weighted by atomic mass is 16.5. The molecule has 0 radical (unpaired) electrons. The molecule has 0 aromatic heterocycles. The van der Waals surface area contributed by atoms with E-state index in [-0.39, 0.29) is 11.9 Å². The molecule has 364 valence electrons. The molecule has 0 aliphatic heterocycles. The standard InChI is InChI=1S/C61H72O8/c1-3-5-7-9-11-14-42-64-56-34-26-50(27-35-56)52-30-38-58(39-31-52)68-46-48-18-22-54(23-19-48)60(62)66-44-16-13-17-45-67-61(63)55-24-20-49(21-25-55)47-69-59-40-32-53(33-41-59)51-28-36-57(37-29-51)65-43-15-12-10-8-6-4-2/h18-41H,3-17,42-47H2,1-2H3. The maximum atomic E-state index is 12.7. The van der Waals surface area contributed by atoms with E-state index in [1.807, 2.05) is 72.8 Å². The van der Waals surface area contributed by atoms with Gasteiger partial charge in [0.25, 0.3) is 0 Å². The largest absolute Gasteiger partial charge is 0.494 e. The van der Waals surface area contributed by atoms with Crippen molar-refractivity contribution in [1.29, 1.82) is 0 Å². The highest BCUT2D eigenvalue weighted by Gasteiger charge is 2.10. The second-order valence-corrected chi connectivity index (χ2v) is 17.6. The van der Waals surface area contributed by atoms with Gasteiger partial charge < -0.3 is 28.4 Å². The van der Waals surface area contributed by atoms with E-state index in [0.717, 1.165) is 88.9 Å². The molecule has 6 rings (SSSR count). The Hall–Kier alpha value is -6.54. The van der Waals surface area contributed by atoms with Crippen LogP contribution in [0.25, 0.3) is 22.3 Å². The van der Waals surface area contributed by atoms with E-state index in [0.29, 0.717) is 50.4 Å². The first-order valence-electron chi connectivity index (χ1n) is 25.4. The van der Waals surface area contributed by atoms with E-state index in [9.17, 15) is 9.59 Å². The van der Waals surface area contributed by atoms with Crippen LogP contribution in [0.4, 0.5) is 0 Å². The second kappa shape index (κ2) is 30.1. The zero-order chi connectivity index (χ0) is 48.1. The van der Waals surface area contributed by atoms with Crippen molar-refractivity contribution in [1.82, 2.24) is 0 Å². The van der Waals surface area contributed by atoms with E-state index >= 15 is 0 Å². The summed E-state index contributed by atoms with van der Waals surface area (Å²) >= 11 is 0. The molecule has 0 atom stereocenters. The first-order valence-corrected chi connectivity index (χ1v) is 25.4. The highest BCUT2D eigenvalue weighted by Crippen LogP contribution is 2.27. The summed E-state index contributed by atoms with van der Waals surface area (Å²) in [7, 11) is 0. The number of hydrogen-bond acceptors (Lipinski definition) is 8. The number of unbranched alkanes of at least 4 members (excludes halogenated alkanes) is 12. The molecule has 0 aliphatic rings. The Morgan fingerprint density at radius 1 is 0.304 bits per heavy atom. The Kier molecular flexibility index (Phi) is 22.6. The summed E-state index contributed by atoms with van der Waals surface area (Å²) in [5.41, 5.74) is 7.35. The first kappa shape index (κ1) is 51.8. The van der Waals surface area contributed by atoms with Gasteiger partial charge in [0.15, 0.2) is 0 Å². The number of rotatable bonds is 32. The van der Waals surface area contributed by atoms with Crippen molar-refractivity contribution in [3.8, 4) is 45.3 Å². The number of carbonyl (C=O) groups excluding carboxylic acids is 2. The fraction of sp³-hybridized carbons (Fsp3) is 0.377. The molecular formula is C61H72O8. The highest BCUT2D eigenvalue weighted by molar-refractivity contribution is 5.90. The summed E-state index contributed by atoms with van der Waals surface area (Å²) in [5, 5.41) is 0. The van der Waals surface area contributed by atoms with Gasteiger partial charge in [-0.15, -0.1) is 0 Å². The first-order chi connectivity index (χ1) is 34.0.